The summed E-state index contributed by atoms with van der Waals surface area (Å²) in [6, 6.07) is 6.56. The van der Waals surface area contributed by atoms with E-state index in [2.05, 4.69) is 10.6 Å². The van der Waals surface area contributed by atoms with Crippen molar-refractivity contribution in [3.05, 3.63) is 64.2 Å². The molecule has 3 N–H and O–H groups in total. The van der Waals surface area contributed by atoms with Crippen molar-refractivity contribution in [2.45, 2.75) is 26.9 Å². The molecule has 0 aliphatic rings. The largest absolute Gasteiger partial charge is 0.387 e. The Labute approximate surface area is 139 Å². The van der Waals surface area contributed by atoms with Gasteiger partial charge in [0, 0.05) is 12.2 Å². The number of aliphatic hydroxyl groups excluding tert-OH is 1. The minimum absolute atomic E-state index is 0.124. The smallest absolute Gasteiger partial charge is 0.319 e. The summed E-state index contributed by atoms with van der Waals surface area (Å²) in [4.78, 5) is 12.0. The molecule has 0 radical (unpaired) electrons. The lowest BCUT2D eigenvalue weighted by atomic mass is 10.1. The topological polar surface area (TPSA) is 61.4 Å². The molecule has 128 valence electrons. The Hall–Kier alpha value is -2.47. The summed E-state index contributed by atoms with van der Waals surface area (Å²) >= 11 is 0. The number of carbonyl (C=O) groups excluding carboxylic acids is 1. The summed E-state index contributed by atoms with van der Waals surface area (Å²) in [6.07, 6.45) is -1.13. The molecule has 2 amide bonds. The third kappa shape index (κ3) is 4.29. The predicted molar refractivity (Wildman–Crippen MR) is 89.0 cm³/mol. The van der Waals surface area contributed by atoms with E-state index in [1.165, 1.54) is 6.07 Å². The first-order valence-electron chi connectivity index (χ1n) is 7.53. The van der Waals surface area contributed by atoms with E-state index in [9.17, 15) is 18.7 Å². The van der Waals surface area contributed by atoms with Crippen LogP contribution in [0.25, 0.3) is 0 Å². The summed E-state index contributed by atoms with van der Waals surface area (Å²) < 4.78 is 26.0. The fraction of sp³-hybridized carbons (Fsp3) is 0.278. The van der Waals surface area contributed by atoms with Gasteiger partial charge in [0.25, 0.3) is 0 Å². The van der Waals surface area contributed by atoms with Crippen LogP contribution in [0.1, 0.15) is 28.4 Å². The number of aliphatic hydroxyl groups is 1. The van der Waals surface area contributed by atoms with Gasteiger partial charge in [-0.25, -0.2) is 13.6 Å². The molecule has 6 heteroatoms. The molecule has 0 spiro atoms. The molecule has 1 unspecified atom stereocenters. The van der Waals surface area contributed by atoms with Gasteiger partial charge < -0.3 is 15.7 Å². The maximum absolute atomic E-state index is 13.2. The zero-order valence-corrected chi connectivity index (χ0v) is 13.8. The zero-order chi connectivity index (χ0) is 17.9. The number of carbonyl (C=O) groups is 1. The summed E-state index contributed by atoms with van der Waals surface area (Å²) in [5.74, 6) is -2.02. The number of urea groups is 1. The minimum Gasteiger partial charge on any atom is -0.387 e. The van der Waals surface area contributed by atoms with Gasteiger partial charge in [-0.05, 0) is 49.6 Å². The van der Waals surface area contributed by atoms with Crippen molar-refractivity contribution in [1.29, 1.82) is 0 Å². The van der Waals surface area contributed by atoms with E-state index in [0.29, 0.717) is 5.69 Å². The van der Waals surface area contributed by atoms with Crippen LogP contribution in [-0.2, 0) is 0 Å². The molecule has 0 bridgehead atoms. The summed E-state index contributed by atoms with van der Waals surface area (Å²) in [7, 11) is 0. The van der Waals surface area contributed by atoms with Crippen LogP contribution in [0.15, 0.2) is 30.3 Å². The number of rotatable bonds is 4. The van der Waals surface area contributed by atoms with Gasteiger partial charge in [0.15, 0.2) is 11.6 Å². The summed E-state index contributed by atoms with van der Waals surface area (Å²) in [6.45, 7) is 5.64. The van der Waals surface area contributed by atoms with Crippen LogP contribution in [0.3, 0.4) is 0 Å². The van der Waals surface area contributed by atoms with Gasteiger partial charge >= 0.3 is 6.03 Å². The Balaban J connectivity index is 1.97. The Morgan fingerprint density at radius 2 is 1.71 bits per heavy atom. The SMILES string of the molecule is Cc1cc(C)c(NC(=O)NCC(O)c2ccc(F)c(F)c2)c(C)c1. The third-order valence-corrected chi connectivity index (χ3v) is 3.70. The van der Waals surface area contributed by atoms with Crippen LogP contribution in [0, 0.1) is 32.4 Å². The van der Waals surface area contributed by atoms with Crippen molar-refractivity contribution >= 4 is 11.7 Å². The van der Waals surface area contributed by atoms with Crippen LogP contribution in [-0.4, -0.2) is 17.7 Å². The molecular formula is C18H20F2N2O2. The molecule has 2 aromatic carbocycles. The van der Waals surface area contributed by atoms with Crippen LogP contribution in [0.2, 0.25) is 0 Å². The van der Waals surface area contributed by atoms with E-state index in [1.54, 1.807) is 0 Å². The van der Waals surface area contributed by atoms with Gasteiger partial charge in [0.2, 0.25) is 0 Å². The maximum atomic E-state index is 13.2. The molecule has 0 aliphatic heterocycles. The first-order valence-corrected chi connectivity index (χ1v) is 7.53. The van der Waals surface area contributed by atoms with Crippen molar-refractivity contribution < 1.29 is 18.7 Å². The molecule has 0 aliphatic carbocycles. The second-order valence-electron chi connectivity index (χ2n) is 5.80. The number of hydrogen-bond acceptors (Lipinski definition) is 2. The van der Waals surface area contributed by atoms with Gasteiger partial charge in [-0.15, -0.1) is 0 Å². The number of anilines is 1. The van der Waals surface area contributed by atoms with Crippen molar-refractivity contribution in [2.24, 2.45) is 0 Å². The Morgan fingerprint density at radius 1 is 1.08 bits per heavy atom. The van der Waals surface area contributed by atoms with Crippen LogP contribution in [0.5, 0.6) is 0 Å². The van der Waals surface area contributed by atoms with E-state index < -0.39 is 23.8 Å². The average Bonchev–Trinajstić information content (AvgIpc) is 2.51. The number of nitrogens with one attached hydrogen (secondary N) is 2. The van der Waals surface area contributed by atoms with Gasteiger partial charge in [-0.3, -0.25) is 0 Å². The number of hydrogen-bond donors (Lipinski definition) is 3. The molecule has 0 saturated heterocycles. The number of benzene rings is 2. The van der Waals surface area contributed by atoms with Crippen molar-refractivity contribution in [3.63, 3.8) is 0 Å². The molecule has 1 atom stereocenters. The summed E-state index contributed by atoms with van der Waals surface area (Å²) in [5.41, 5.74) is 3.87. The standard InChI is InChI=1S/C18H20F2N2O2/c1-10-6-11(2)17(12(3)7-10)22-18(24)21-9-16(23)13-4-5-14(19)15(20)8-13/h4-8,16,23H,9H2,1-3H3,(H2,21,22,24). The maximum Gasteiger partial charge on any atom is 0.319 e. The van der Waals surface area contributed by atoms with Gasteiger partial charge in [0.05, 0.1) is 6.10 Å². The lowest BCUT2D eigenvalue weighted by Gasteiger charge is -2.16. The molecule has 0 saturated carbocycles. The minimum atomic E-state index is -1.13. The van der Waals surface area contributed by atoms with E-state index in [-0.39, 0.29) is 12.1 Å². The van der Waals surface area contributed by atoms with Crippen LogP contribution >= 0.6 is 0 Å². The first-order chi connectivity index (χ1) is 11.3. The highest BCUT2D eigenvalue weighted by molar-refractivity contribution is 5.91. The predicted octanol–water partition coefficient (Wildman–Crippen LogP) is 3.75. The molecule has 24 heavy (non-hydrogen) atoms. The number of aryl methyl sites for hydroxylation is 3. The lowest BCUT2D eigenvalue weighted by Crippen LogP contribution is -2.32. The molecule has 2 aromatic rings. The number of amides is 2. The van der Waals surface area contributed by atoms with Crippen LogP contribution in [0.4, 0.5) is 19.3 Å². The van der Waals surface area contributed by atoms with Gasteiger partial charge in [-0.2, -0.15) is 0 Å². The van der Waals surface area contributed by atoms with E-state index in [1.807, 2.05) is 32.9 Å². The van der Waals surface area contributed by atoms with Crippen molar-refractivity contribution in [2.75, 3.05) is 11.9 Å². The second-order valence-corrected chi connectivity index (χ2v) is 5.80. The van der Waals surface area contributed by atoms with Gasteiger partial charge in [0.1, 0.15) is 0 Å². The third-order valence-electron chi connectivity index (χ3n) is 3.70. The van der Waals surface area contributed by atoms with E-state index in [0.717, 1.165) is 28.8 Å². The first kappa shape index (κ1) is 17.9. The molecule has 0 heterocycles. The number of halogens is 2. The second kappa shape index (κ2) is 7.40. The molecule has 4 nitrogen and oxygen atoms in total. The quantitative estimate of drug-likeness (QED) is 0.797. The highest BCUT2D eigenvalue weighted by Crippen LogP contribution is 2.22. The van der Waals surface area contributed by atoms with Crippen molar-refractivity contribution in [1.82, 2.24) is 5.32 Å². The zero-order valence-electron chi connectivity index (χ0n) is 13.8. The monoisotopic (exact) mass is 334 g/mol. The van der Waals surface area contributed by atoms with Crippen LogP contribution < -0.4 is 10.6 Å². The fourth-order valence-electron chi connectivity index (χ4n) is 2.56. The Morgan fingerprint density at radius 3 is 2.29 bits per heavy atom. The highest BCUT2D eigenvalue weighted by Gasteiger charge is 2.13. The molecular weight excluding hydrogens is 314 g/mol. The van der Waals surface area contributed by atoms with E-state index in [4.69, 9.17) is 0 Å². The normalized spacial score (nSPS) is 11.9. The fourth-order valence-corrected chi connectivity index (χ4v) is 2.56. The molecule has 2 rings (SSSR count). The highest BCUT2D eigenvalue weighted by atomic mass is 19.2. The Kier molecular flexibility index (Phi) is 5.51. The molecule has 0 fully saturated rings. The van der Waals surface area contributed by atoms with E-state index >= 15 is 0 Å². The average molecular weight is 334 g/mol. The van der Waals surface area contributed by atoms with Crippen molar-refractivity contribution in [3.8, 4) is 0 Å². The lowest BCUT2D eigenvalue weighted by molar-refractivity contribution is 0.174. The Bertz CT molecular complexity index is 740. The van der Waals surface area contributed by atoms with Gasteiger partial charge in [-0.1, -0.05) is 23.8 Å². The molecule has 0 aromatic heterocycles. The summed E-state index contributed by atoms with van der Waals surface area (Å²) in [5, 5.41) is 15.2.